The second-order valence-electron chi connectivity index (χ2n) is 3.56. The number of nitrogens with one attached hydrogen (secondary N) is 2. The zero-order chi connectivity index (χ0) is 14.4. The van der Waals surface area contributed by atoms with E-state index in [1.807, 2.05) is 0 Å². The highest BCUT2D eigenvalue weighted by atomic mass is 32.2. The predicted molar refractivity (Wildman–Crippen MR) is 75.3 cm³/mol. The van der Waals surface area contributed by atoms with Crippen molar-refractivity contribution in [3.05, 3.63) is 0 Å². The van der Waals surface area contributed by atoms with E-state index in [1.165, 1.54) is 0 Å². The number of nitrogens with two attached hydrogens (primary N) is 1. The van der Waals surface area contributed by atoms with Crippen LogP contribution in [0.5, 0.6) is 0 Å². The summed E-state index contributed by atoms with van der Waals surface area (Å²) in [5.41, 5.74) is 5.32. The second kappa shape index (κ2) is 7.34. The van der Waals surface area contributed by atoms with Crippen molar-refractivity contribution in [3.63, 3.8) is 0 Å². The molecular weight excluding hydrogens is 298 g/mol. The maximum Gasteiger partial charge on any atom is 0.221 e. The van der Waals surface area contributed by atoms with Crippen molar-refractivity contribution in [2.75, 3.05) is 18.8 Å². The van der Waals surface area contributed by atoms with E-state index >= 15 is 0 Å². The topological polar surface area (TPSA) is 118 Å². The van der Waals surface area contributed by atoms with Gasteiger partial charge in [-0.3, -0.25) is 0 Å². The van der Waals surface area contributed by atoms with Crippen LogP contribution in [0.1, 0.15) is 20.3 Å². The standard InChI is InChI=1S/C8H19N3O4S3/c1-3-7(8(9)16)18(14,15)11-5-6-17(12,13)10-4-2/h7,10-11H,3-6H2,1-2H3,(H2,9,16). The minimum Gasteiger partial charge on any atom is -0.392 e. The van der Waals surface area contributed by atoms with Crippen molar-refractivity contribution in [2.45, 2.75) is 25.5 Å². The molecule has 108 valence electrons. The first kappa shape index (κ1) is 17.7. The van der Waals surface area contributed by atoms with E-state index in [0.717, 1.165) is 0 Å². The highest BCUT2D eigenvalue weighted by Crippen LogP contribution is 2.04. The minimum absolute atomic E-state index is 0.125. The summed E-state index contributed by atoms with van der Waals surface area (Å²) in [4.78, 5) is -0.125. The Labute approximate surface area is 114 Å². The van der Waals surface area contributed by atoms with Gasteiger partial charge in [0.25, 0.3) is 0 Å². The number of thiocarbonyl (C=S) groups is 1. The van der Waals surface area contributed by atoms with Crippen molar-refractivity contribution in [2.24, 2.45) is 5.73 Å². The van der Waals surface area contributed by atoms with Gasteiger partial charge in [0.05, 0.1) is 10.7 Å². The van der Waals surface area contributed by atoms with Gasteiger partial charge in [-0.1, -0.05) is 26.1 Å². The van der Waals surface area contributed by atoms with Gasteiger partial charge in [0, 0.05) is 13.1 Å². The lowest BCUT2D eigenvalue weighted by atomic mass is 10.3. The Hall–Kier alpha value is -0.290. The fourth-order valence-corrected chi connectivity index (χ4v) is 4.25. The van der Waals surface area contributed by atoms with Crippen LogP contribution in [0.25, 0.3) is 0 Å². The molecule has 0 saturated carbocycles. The molecule has 0 aliphatic carbocycles. The number of hydrogen-bond acceptors (Lipinski definition) is 5. The molecule has 0 radical (unpaired) electrons. The molecule has 7 nitrogen and oxygen atoms in total. The summed E-state index contributed by atoms with van der Waals surface area (Å²) in [5.74, 6) is -0.326. The van der Waals surface area contributed by atoms with Gasteiger partial charge in [0.15, 0.2) is 0 Å². The van der Waals surface area contributed by atoms with Gasteiger partial charge in [0.1, 0.15) is 5.25 Å². The largest absolute Gasteiger partial charge is 0.392 e. The second-order valence-corrected chi connectivity index (χ2v) is 7.90. The third kappa shape index (κ3) is 6.05. The van der Waals surface area contributed by atoms with Crippen LogP contribution in [0.4, 0.5) is 0 Å². The summed E-state index contributed by atoms with van der Waals surface area (Å²) in [6.45, 7) is 3.33. The highest BCUT2D eigenvalue weighted by Gasteiger charge is 2.26. The molecule has 0 bridgehead atoms. The summed E-state index contributed by atoms with van der Waals surface area (Å²) < 4.78 is 50.5. The van der Waals surface area contributed by atoms with Gasteiger partial charge >= 0.3 is 0 Å². The Balaban J connectivity index is 4.50. The van der Waals surface area contributed by atoms with Gasteiger partial charge in [-0.15, -0.1) is 0 Å². The first-order valence-corrected chi connectivity index (χ1v) is 9.02. The Bertz CT molecular complexity index is 472. The average Bonchev–Trinajstić information content (AvgIpc) is 2.15. The van der Waals surface area contributed by atoms with E-state index in [1.54, 1.807) is 13.8 Å². The first-order valence-electron chi connectivity index (χ1n) is 5.41. The lowest BCUT2D eigenvalue weighted by molar-refractivity contribution is 0.572. The van der Waals surface area contributed by atoms with E-state index in [0.29, 0.717) is 0 Å². The van der Waals surface area contributed by atoms with Crippen molar-refractivity contribution in [1.29, 1.82) is 0 Å². The van der Waals surface area contributed by atoms with Gasteiger partial charge in [-0.05, 0) is 6.42 Å². The molecule has 10 heteroatoms. The summed E-state index contributed by atoms with van der Waals surface area (Å²) in [6.07, 6.45) is 0.241. The Morgan fingerprint density at radius 2 is 1.78 bits per heavy atom. The molecule has 0 spiro atoms. The molecule has 1 unspecified atom stereocenters. The molecular formula is C8H19N3O4S3. The molecule has 0 saturated heterocycles. The van der Waals surface area contributed by atoms with E-state index in [2.05, 4.69) is 21.7 Å². The Morgan fingerprint density at radius 3 is 2.17 bits per heavy atom. The molecule has 1 atom stereocenters. The zero-order valence-corrected chi connectivity index (χ0v) is 12.8. The van der Waals surface area contributed by atoms with Crippen LogP contribution in [-0.2, 0) is 20.0 Å². The van der Waals surface area contributed by atoms with Crippen molar-refractivity contribution >= 4 is 37.3 Å². The van der Waals surface area contributed by atoms with E-state index in [4.69, 9.17) is 5.73 Å². The molecule has 0 rings (SSSR count). The summed E-state index contributed by atoms with van der Waals surface area (Å²) in [7, 11) is -7.17. The third-order valence-corrected chi connectivity index (χ3v) is 5.95. The average molecular weight is 317 g/mol. The van der Waals surface area contributed by atoms with Gasteiger partial charge in [-0.25, -0.2) is 26.3 Å². The molecule has 0 aliphatic heterocycles. The molecule has 0 fully saturated rings. The monoisotopic (exact) mass is 317 g/mol. The SMILES string of the molecule is CCNS(=O)(=O)CCNS(=O)(=O)C(CC)C(N)=S. The Kier molecular flexibility index (Phi) is 7.22. The van der Waals surface area contributed by atoms with Crippen LogP contribution in [-0.4, -0.2) is 45.9 Å². The van der Waals surface area contributed by atoms with Crippen molar-refractivity contribution < 1.29 is 16.8 Å². The van der Waals surface area contributed by atoms with Gasteiger partial charge in [0.2, 0.25) is 20.0 Å². The fraction of sp³-hybridized carbons (Fsp3) is 0.875. The molecule has 0 aromatic carbocycles. The smallest absolute Gasteiger partial charge is 0.221 e. The molecule has 0 aliphatic rings. The summed E-state index contributed by atoms with van der Waals surface area (Å²) in [5, 5.41) is -0.977. The molecule has 18 heavy (non-hydrogen) atoms. The predicted octanol–water partition coefficient (Wildman–Crippen LogP) is -1.09. The quantitative estimate of drug-likeness (QED) is 0.465. The van der Waals surface area contributed by atoms with Gasteiger partial charge < -0.3 is 5.73 Å². The maximum atomic E-state index is 11.8. The zero-order valence-electron chi connectivity index (χ0n) is 10.3. The summed E-state index contributed by atoms with van der Waals surface area (Å²) in [6, 6.07) is 0. The van der Waals surface area contributed by atoms with Crippen molar-refractivity contribution in [3.8, 4) is 0 Å². The number of hydrogen-bond donors (Lipinski definition) is 3. The van der Waals surface area contributed by atoms with Gasteiger partial charge in [-0.2, -0.15) is 0 Å². The molecule has 0 aromatic rings. The molecule has 0 aromatic heterocycles. The van der Waals surface area contributed by atoms with Crippen LogP contribution in [0.2, 0.25) is 0 Å². The Morgan fingerprint density at radius 1 is 1.22 bits per heavy atom. The maximum absolute atomic E-state index is 11.8. The summed E-state index contributed by atoms with van der Waals surface area (Å²) >= 11 is 4.66. The fourth-order valence-electron chi connectivity index (χ4n) is 1.28. The number of rotatable bonds is 9. The highest BCUT2D eigenvalue weighted by molar-refractivity contribution is 7.93. The lowest BCUT2D eigenvalue weighted by Gasteiger charge is -2.15. The molecule has 0 heterocycles. The van der Waals surface area contributed by atoms with E-state index in [9.17, 15) is 16.8 Å². The molecule has 0 amide bonds. The lowest BCUT2D eigenvalue weighted by Crippen LogP contribution is -2.43. The molecule has 4 N–H and O–H groups in total. The van der Waals surface area contributed by atoms with Crippen LogP contribution < -0.4 is 15.2 Å². The normalized spacial score (nSPS) is 14.3. The van der Waals surface area contributed by atoms with Crippen LogP contribution >= 0.6 is 12.2 Å². The third-order valence-electron chi connectivity index (χ3n) is 2.10. The minimum atomic E-state index is -3.72. The van der Waals surface area contributed by atoms with E-state index < -0.39 is 25.3 Å². The number of sulfonamides is 2. The van der Waals surface area contributed by atoms with Crippen molar-refractivity contribution in [1.82, 2.24) is 9.44 Å². The van der Waals surface area contributed by atoms with Crippen LogP contribution in [0.3, 0.4) is 0 Å². The van der Waals surface area contributed by atoms with E-state index in [-0.39, 0.29) is 30.3 Å². The van der Waals surface area contributed by atoms with Crippen LogP contribution in [0.15, 0.2) is 0 Å². The van der Waals surface area contributed by atoms with Crippen LogP contribution in [0, 0.1) is 0 Å². The first-order chi connectivity index (χ1) is 8.16.